The van der Waals surface area contributed by atoms with Crippen LogP contribution in [0.15, 0.2) is 24.3 Å². The minimum absolute atomic E-state index is 0.0329. The molecule has 5 heteroatoms. The Morgan fingerprint density at radius 3 is 2.82 bits per heavy atom. The van der Waals surface area contributed by atoms with Gasteiger partial charge in [0.25, 0.3) is 5.91 Å². The summed E-state index contributed by atoms with van der Waals surface area (Å²) in [6.07, 6.45) is 1.74. The molecule has 1 amide bonds. The van der Waals surface area contributed by atoms with E-state index in [1.165, 1.54) is 0 Å². The molecule has 0 bridgehead atoms. The molecule has 0 aliphatic carbocycles. The molecule has 22 heavy (non-hydrogen) atoms. The van der Waals surface area contributed by atoms with Crippen molar-refractivity contribution < 1.29 is 14.6 Å². The summed E-state index contributed by atoms with van der Waals surface area (Å²) in [5.41, 5.74) is 1.53. The second kappa shape index (κ2) is 6.40. The summed E-state index contributed by atoms with van der Waals surface area (Å²) in [7, 11) is 0. The lowest BCUT2D eigenvalue weighted by Gasteiger charge is -2.30. The molecule has 1 aromatic carbocycles. The number of hydrogen-bond donors (Lipinski definition) is 2. The summed E-state index contributed by atoms with van der Waals surface area (Å²) >= 11 is 0. The Bertz CT molecular complexity index is 657. The van der Waals surface area contributed by atoms with Crippen molar-refractivity contribution in [1.82, 2.24) is 9.88 Å². The summed E-state index contributed by atoms with van der Waals surface area (Å²) < 4.78 is 5.49. The first kappa shape index (κ1) is 14.9. The van der Waals surface area contributed by atoms with Crippen LogP contribution in [-0.2, 0) is 0 Å². The highest BCUT2D eigenvalue weighted by Crippen LogP contribution is 2.23. The number of benzene rings is 1. The third-order valence-corrected chi connectivity index (χ3v) is 4.30. The summed E-state index contributed by atoms with van der Waals surface area (Å²) in [4.78, 5) is 17.6. The van der Waals surface area contributed by atoms with E-state index in [0.29, 0.717) is 31.3 Å². The zero-order chi connectivity index (χ0) is 15.5. The van der Waals surface area contributed by atoms with E-state index in [0.717, 1.165) is 29.5 Å². The molecular weight excluding hydrogens is 280 g/mol. The van der Waals surface area contributed by atoms with Crippen molar-refractivity contribution in [3.05, 3.63) is 30.0 Å². The number of hydrogen-bond acceptors (Lipinski definition) is 3. The van der Waals surface area contributed by atoms with Gasteiger partial charge in [-0.15, -0.1) is 0 Å². The van der Waals surface area contributed by atoms with E-state index in [2.05, 4.69) is 4.98 Å². The van der Waals surface area contributed by atoms with Crippen LogP contribution in [0.3, 0.4) is 0 Å². The molecule has 2 aromatic rings. The van der Waals surface area contributed by atoms with Crippen molar-refractivity contribution in [3.8, 4) is 5.75 Å². The number of aliphatic hydroxyl groups is 1. The fourth-order valence-corrected chi connectivity index (χ4v) is 2.97. The molecule has 1 aromatic heterocycles. The number of H-pyrrole nitrogens is 1. The van der Waals surface area contributed by atoms with Crippen molar-refractivity contribution in [1.29, 1.82) is 0 Å². The average Bonchev–Trinajstić information content (AvgIpc) is 2.98. The van der Waals surface area contributed by atoms with Crippen LogP contribution in [-0.4, -0.2) is 47.2 Å². The lowest BCUT2D eigenvalue weighted by molar-refractivity contribution is 0.0646. The van der Waals surface area contributed by atoms with Crippen LogP contribution >= 0.6 is 0 Å². The molecule has 5 nitrogen and oxygen atoms in total. The number of amides is 1. The van der Waals surface area contributed by atoms with Crippen LogP contribution in [0, 0.1) is 5.92 Å². The first-order valence-electron chi connectivity index (χ1n) is 7.87. The Morgan fingerprint density at radius 2 is 2.14 bits per heavy atom. The van der Waals surface area contributed by atoms with E-state index in [4.69, 9.17) is 4.74 Å². The first-order chi connectivity index (χ1) is 10.7. The van der Waals surface area contributed by atoms with Gasteiger partial charge in [0.05, 0.1) is 6.61 Å². The number of aliphatic hydroxyl groups excluding tert-OH is 1. The summed E-state index contributed by atoms with van der Waals surface area (Å²) in [5.74, 6) is 1.17. The highest BCUT2D eigenvalue weighted by Gasteiger charge is 2.24. The van der Waals surface area contributed by atoms with Gasteiger partial charge < -0.3 is 19.7 Å². The Kier molecular flexibility index (Phi) is 4.34. The monoisotopic (exact) mass is 302 g/mol. The molecule has 2 heterocycles. The van der Waals surface area contributed by atoms with Crippen LogP contribution in [0.1, 0.15) is 30.3 Å². The summed E-state index contributed by atoms with van der Waals surface area (Å²) in [6.45, 7) is 4.21. The Morgan fingerprint density at radius 1 is 1.36 bits per heavy atom. The molecule has 1 saturated heterocycles. The summed E-state index contributed by atoms with van der Waals surface area (Å²) in [5, 5.41) is 10.2. The van der Waals surface area contributed by atoms with Gasteiger partial charge in [0.2, 0.25) is 0 Å². The van der Waals surface area contributed by atoms with Gasteiger partial charge >= 0.3 is 0 Å². The van der Waals surface area contributed by atoms with Crippen molar-refractivity contribution >= 4 is 16.8 Å². The van der Waals surface area contributed by atoms with Gasteiger partial charge in [-0.1, -0.05) is 0 Å². The molecule has 0 radical (unpaired) electrons. The molecule has 0 unspecified atom stereocenters. The fourth-order valence-electron chi connectivity index (χ4n) is 2.97. The van der Waals surface area contributed by atoms with E-state index in [9.17, 15) is 9.90 Å². The zero-order valence-corrected chi connectivity index (χ0v) is 12.8. The second-order valence-corrected chi connectivity index (χ2v) is 5.78. The standard InChI is InChI=1S/C17H22N2O3/c1-2-22-14-4-3-13-9-16(18-15(13)10-14)17(21)19-7-5-12(11-20)6-8-19/h3-4,9-10,12,18,20H,2,5-8,11H2,1H3. The van der Waals surface area contributed by atoms with Crippen molar-refractivity contribution in [2.75, 3.05) is 26.3 Å². The van der Waals surface area contributed by atoms with Gasteiger partial charge in [-0.05, 0) is 43.9 Å². The van der Waals surface area contributed by atoms with E-state index >= 15 is 0 Å². The summed E-state index contributed by atoms with van der Waals surface area (Å²) in [6, 6.07) is 7.70. The second-order valence-electron chi connectivity index (χ2n) is 5.78. The Labute approximate surface area is 129 Å². The number of aromatic nitrogens is 1. The topological polar surface area (TPSA) is 65.6 Å². The first-order valence-corrected chi connectivity index (χ1v) is 7.87. The lowest BCUT2D eigenvalue weighted by Crippen LogP contribution is -2.39. The number of likely N-dealkylation sites (tertiary alicyclic amines) is 1. The SMILES string of the molecule is CCOc1ccc2cc(C(=O)N3CCC(CO)CC3)[nH]c2c1. The van der Waals surface area contributed by atoms with Crippen molar-refractivity contribution in [2.24, 2.45) is 5.92 Å². The van der Waals surface area contributed by atoms with Crippen molar-refractivity contribution in [2.45, 2.75) is 19.8 Å². The number of carbonyl (C=O) groups is 1. The van der Waals surface area contributed by atoms with Crippen LogP contribution in [0.4, 0.5) is 0 Å². The van der Waals surface area contributed by atoms with Gasteiger partial charge in [0.15, 0.2) is 0 Å². The van der Waals surface area contributed by atoms with Crippen LogP contribution in [0.25, 0.3) is 10.9 Å². The predicted molar refractivity (Wildman–Crippen MR) is 85.2 cm³/mol. The number of ether oxygens (including phenoxy) is 1. The van der Waals surface area contributed by atoms with Crippen molar-refractivity contribution in [3.63, 3.8) is 0 Å². The van der Waals surface area contributed by atoms with Gasteiger partial charge in [-0.25, -0.2) is 0 Å². The molecule has 2 N–H and O–H groups in total. The minimum atomic E-state index is 0.0329. The molecule has 0 atom stereocenters. The van der Waals surface area contributed by atoms with Gasteiger partial charge in [0.1, 0.15) is 11.4 Å². The fraction of sp³-hybridized carbons (Fsp3) is 0.471. The van der Waals surface area contributed by atoms with E-state index in [-0.39, 0.29) is 12.5 Å². The number of nitrogens with one attached hydrogen (secondary N) is 1. The quantitative estimate of drug-likeness (QED) is 0.911. The third-order valence-electron chi connectivity index (χ3n) is 4.30. The largest absolute Gasteiger partial charge is 0.494 e. The van der Waals surface area contributed by atoms with Crippen LogP contribution in [0.2, 0.25) is 0 Å². The lowest BCUT2D eigenvalue weighted by atomic mass is 9.98. The predicted octanol–water partition coefficient (Wildman–Crippen LogP) is 2.41. The maximum Gasteiger partial charge on any atom is 0.270 e. The number of aromatic amines is 1. The highest BCUT2D eigenvalue weighted by atomic mass is 16.5. The van der Waals surface area contributed by atoms with E-state index in [1.807, 2.05) is 36.1 Å². The number of nitrogens with zero attached hydrogens (tertiary/aromatic N) is 1. The normalized spacial score (nSPS) is 16.2. The smallest absolute Gasteiger partial charge is 0.270 e. The number of carbonyl (C=O) groups excluding carboxylic acids is 1. The zero-order valence-electron chi connectivity index (χ0n) is 12.8. The number of piperidine rings is 1. The molecule has 1 aliphatic heterocycles. The molecule has 118 valence electrons. The third kappa shape index (κ3) is 2.95. The average molecular weight is 302 g/mol. The van der Waals surface area contributed by atoms with E-state index < -0.39 is 0 Å². The van der Waals surface area contributed by atoms with Gasteiger partial charge in [0, 0.05) is 36.7 Å². The minimum Gasteiger partial charge on any atom is -0.494 e. The highest BCUT2D eigenvalue weighted by molar-refractivity contribution is 5.98. The molecule has 1 fully saturated rings. The maximum atomic E-state index is 12.6. The molecular formula is C17H22N2O3. The Hall–Kier alpha value is -2.01. The molecule has 0 saturated carbocycles. The molecule has 1 aliphatic rings. The van der Waals surface area contributed by atoms with Gasteiger partial charge in [-0.2, -0.15) is 0 Å². The number of rotatable bonds is 4. The maximum absolute atomic E-state index is 12.6. The van der Waals surface area contributed by atoms with E-state index in [1.54, 1.807) is 0 Å². The number of fused-ring (bicyclic) bond motifs is 1. The Balaban J connectivity index is 1.76. The van der Waals surface area contributed by atoms with Crippen LogP contribution in [0.5, 0.6) is 5.75 Å². The molecule has 3 rings (SSSR count). The molecule has 0 spiro atoms. The van der Waals surface area contributed by atoms with Gasteiger partial charge in [-0.3, -0.25) is 4.79 Å². The van der Waals surface area contributed by atoms with Crippen LogP contribution < -0.4 is 4.74 Å².